The molecule has 2 N–H and O–H groups in total. The van der Waals surface area contributed by atoms with E-state index in [0.717, 1.165) is 19.2 Å². The summed E-state index contributed by atoms with van der Waals surface area (Å²) in [7, 11) is 1.53. The Morgan fingerprint density at radius 1 is 1.10 bits per heavy atom. The largest absolute Gasteiger partial charge is 0.497 e. The number of halogens is 1. The van der Waals surface area contributed by atoms with Gasteiger partial charge in [-0.3, -0.25) is 14.5 Å². The number of methoxy groups -OCH3 is 1. The van der Waals surface area contributed by atoms with Crippen molar-refractivity contribution >= 4 is 17.5 Å². The van der Waals surface area contributed by atoms with E-state index in [2.05, 4.69) is 15.5 Å². The molecule has 1 heterocycles. The Balaban J connectivity index is 1.64. The molecule has 8 heteroatoms. The van der Waals surface area contributed by atoms with Crippen LogP contribution < -0.4 is 15.4 Å². The molecule has 0 radical (unpaired) electrons. The van der Waals surface area contributed by atoms with Crippen LogP contribution in [0.4, 0.5) is 10.1 Å². The minimum absolute atomic E-state index is 0.120. The van der Waals surface area contributed by atoms with E-state index in [9.17, 15) is 14.0 Å². The predicted molar refractivity (Wildman–Crippen MR) is 107 cm³/mol. The average molecular weight is 401 g/mol. The topological polar surface area (TPSA) is 79.9 Å². The van der Waals surface area contributed by atoms with Gasteiger partial charge in [-0.2, -0.15) is 0 Å². The maximum atomic E-state index is 13.7. The third kappa shape index (κ3) is 5.75. The van der Waals surface area contributed by atoms with Gasteiger partial charge in [0.2, 0.25) is 0 Å². The Morgan fingerprint density at radius 2 is 1.83 bits per heavy atom. The molecule has 2 aromatic carbocycles. The lowest BCUT2D eigenvalue weighted by Crippen LogP contribution is -2.41. The van der Waals surface area contributed by atoms with Gasteiger partial charge in [0, 0.05) is 31.7 Å². The summed E-state index contributed by atoms with van der Waals surface area (Å²) in [5, 5.41) is 5.44. The molecule has 0 aromatic heterocycles. The minimum Gasteiger partial charge on any atom is -0.497 e. The summed E-state index contributed by atoms with van der Waals surface area (Å²) < 4.78 is 24.1. The second-order valence-corrected chi connectivity index (χ2v) is 6.58. The average Bonchev–Trinajstić information content (AvgIpc) is 2.74. The summed E-state index contributed by atoms with van der Waals surface area (Å²) in [4.78, 5) is 27.3. The highest BCUT2D eigenvalue weighted by Gasteiger charge is 2.16. The number of hydrogen-bond acceptors (Lipinski definition) is 5. The molecule has 1 saturated heterocycles. The molecule has 1 aliphatic rings. The van der Waals surface area contributed by atoms with Gasteiger partial charge in [0.25, 0.3) is 11.8 Å². The van der Waals surface area contributed by atoms with Crippen molar-refractivity contribution in [3.63, 3.8) is 0 Å². The van der Waals surface area contributed by atoms with Crippen LogP contribution in [0.15, 0.2) is 42.5 Å². The van der Waals surface area contributed by atoms with Crippen molar-refractivity contribution in [1.29, 1.82) is 0 Å². The molecular weight excluding hydrogens is 377 g/mol. The maximum absolute atomic E-state index is 13.7. The Morgan fingerprint density at radius 3 is 2.52 bits per heavy atom. The minimum atomic E-state index is -0.542. The predicted octanol–water partition coefficient (Wildman–Crippen LogP) is 2.15. The first-order chi connectivity index (χ1) is 14.1. The van der Waals surface area contributed by atoms with Crippen LogP contribution in [0.1, 0.15) is 20.7 Å². The molecule has 0 bridgehead atoms. The highest BCUT2D eigenvalue weighted by atomic mass is 19.1. The number of amides is 2. The first-order valence-electron chi connectivity index (χ1n) is 9.40. The molecule has 0 aliphatic carbocycles. The van der Waals surface area contributed by atoms with Crippen molar-refractivity contribution in [2.24, 2.45) is 0 Å². The molecule has 1 aliphatic heterocycles. The molecule has 0 unspecified atom stereocenters. The summed E-state index contributed by atoms with van der Waals surface area (Å²) in [6, 6.07) is 10.2. The van der Waals surface area contributed by atoms with Crippen molar-refractivity contribution in [3.8, 4) is 5.75 Å². The van der Waals surface area contributed by atoms with Crippen LogP contribution in [0.3, 0.4) is 0 Å². The van der Waals surface area contributed by atoms with Gasteiger partial charge in [-0.25, -0.2) is 4.39 Å². The van der Waals surface area contributed by atoms with E-state index in [0.29, 0.717) is 37.6 Å². The van der Waals surface area contributed by atoms with Crippen molar-refractivity contribution in [2.45, 2.75) is 0 Å². The number of nitrogens with one attached hydrogen (secondary N) is 2. The number of hydrogen-bond donors (Lipinski definition) is 2. The van der Waals surface area contributed by atoms with Crippen LogP contribution >= 0.6 is 0 Å². The van der Waals surface area contributed by atoms with Gasteiger partial charge < -0.3 is 20.1 Å². The first kappa shape index (κ1) is 20.8. The zero-order valence-electron chi connectivity index (χ0n) is 16.2. The van der Waals surface area contributed by atoms with E-state index in [1.807, 2.05) is 0 Å². The third-order valence-electron chi connectivity index (χ3n) is 4.64. The second-order valence-electron chi connectivity index (χ2n) is 6.58. The van der Waals surface area contributed by atoms with Crippen LogP contribution in [0.25, 0.3) is 0 Å². The van der Waals surface area contributed by atoms with Gasteiger partial charge in [0.05, 0.1) is 31.6 Å². The molecular formula is C21H24FN3O4. The van der Waals surface area contributed by atoms with Gasteiger partial charge in [-0.05, 0) is 42.5 Å². The Bertz CT molecular complexity index is 852. The first-order valence-corrected chi connectivity index (χ1v) is 9.40. The van der Waals surface area contributed by atoms with E-state index in [1.54, 1.807) is 24.3 Å². The van der Waals surface area contributed by atoms with Crippen molar-refractivity contribution in [1.82, 2.24) is 10.2 Å². The van der Waals surface area contributed by atoms with E-state index in [4.69, 9.17) is 9.47 Å². The fourth-order valence-electron chi connectivity index (χ4n) is 3.00. The number of morpholine rings is 1. The molecule has 2 aromatic rings. The van der Waals surface area contributed by atoms with E-state index in [1.165, 1.54) is 19.2 Å². The third-order valence-corrected chi connectivity index (χ3v) is 4.64. The summed E-state index contributed by atoms with van der Waals surface area (Å²) in [5.41, 5.74) is 0.693. The van der Waals surface area contributed by atoms with Crippen LogP contribution in [0.2, 0.25) is 0 Å². The van der Waals surface area contributed by atoms with Crippen LogP contribution in [0, 0.1) is 5.82 Å². The SMILES string of the molecule is COc1ccc(C(=O)Nc2cc(F)ccc2C(=O)NCCN2CCOCC2)cc1. The van der Waals surface area contributed by atoms with E-state index >= 15 is 0 Å². The molecule has 2 amide bonds. The lowest BCUT2D eigenvalue weighted by molar-refractivity contribution is 0.0383. The number of rotatable bonds is 7. The second kappa shape index (κ2) is 9.99. The summed E-state index contributed by atoms with van der Waals surface area (Å²) in [6.45, 7) is 4.18. The Hall–Kier alpha value is -2.97. The summed E-state index contributed by atoms with van der Waals surface area (Å²) in [5.74, 6) is -0.739. The molecule has 3 rings (SSSR count). The van der Waals surface area contributed by atoms with Gasteiger partial charge in [0.15, 0.2) is 0 Å². The normalized spacial score (nSPS) is 14.3. The summed E-state index contributed by atoms with van der Waals surface area (Å²) in [6.07, 6.45) is 0. The fraction of sp³-hybridized carbons (Fsp3) is 0.333. The van der Waals surface area contributed by atoms with Crippen LogP contribution in [-0.4, -0.2) is 63.2 Å². The Labute approximate surface area is 168 Å². The number of anilines is 1. The lowest BCUT2D eigenvalue weighted by atomic mass is 10.1. The molecule has 1 fully saturated rings. The Kier molecular flexibility index (Phi) is 7.15. The maximum Gasteiger partial charge on any atom is 0.255 e. The quantitative estimate of drug-likeness (QED) is 0.743. The van der Waals surface area contributed by atoms with Gasteiger partial charge in [-0.15, -0.1) is 0 Å². The van der Waals surface area contributed by atoms with E-state index in [-0.39, 0.29) is 17.2 Å². The molecule has 29 heavy (non-hydrogen) atoms. The zero-order chi connectivity index (χ0) is 20.6. The standard InChI is InChI=1S/C21H24FN3O4/c1-28-17-5-2-15(3-6-17)20(26)24-19-14-16(22)4-7-18(19)21(27)23-8-9-25-10-12-29-13-11-25/h2-7,14H,8-13H2,1H3,(H,23,27)(H,24,26). The van der Waals surface area contributed by atoms with Crippen molar-refractivity contribution in [3.05, 3.63) is 59.4 Å². The highest BCUT2D eigenvalue weighted by Crippen LogP contribution is 2.19. The molecule has 0 atom stereocenters. The molecule has 0 saturated carbocycles. The van der Waals surface area contributed by atoms with Crippen molar-refractivity contribution in [2.75, 3.05) is 51.8 Å². The number of ether oxygens (including phenoxy) is 2. The number of carbonyl (C=O) groups is 2. The summed E-state index contributed by atoms with van der Waals surface area (Å²) >= 11 is 0. The van der Waals surface area contributed by atoms with E-state index < -0.39 is 11.7 Å². The molecule has 154 valence electrons. The lowest BCUT2D eigenvalue weighted by Gasteiger charge is -2.26. The van der Waals surface area contributed by atoms with Crippen LogP contribution in [-0.2, 0) is 4.74 Å². The molecule has 0 spiro atoms. The zero-order valence-corrected chi connectivity index (χ0v) is 16.2. The van der Waals surface area contributed by atoms with Gasteiger partial charge >= 0.3 is 0 Å². The van der Waals surface area contributed by atoms with Gasteiger partial charge in [0.1, 0.15) is 11.6 Å². The van der Waals surface area contributed by atoms with Crippen molar-refractivity contribution < 1.29 is 23.5 Å². The number of nitrogens with zero attached hydrogens (tertiary/aromatic N) is 1. The van der Waals surface area contributed by atoms with Crippen LogP contribution in [0.5, 0.6) is 5.75 Å². The number of benzene rings is 2. The fourth-order valence-corrected chi connectivity index (χ4v) is 3.00. The highest BCUT2D eigenvalue weighted by molar-refractivity contribution is 6.09. The molecule has 7 nitrogen and oxygen atoms in total. The van der Waals surface area contributed by atoms with Gasteiger partial charge in [-0.1, -0.05) is 0 Å². The smallest absolute Gasteiger partial charge is 0.255 e. The number of carbonyl (C=O) groups excluding carboxylic acids is 2. The monoisotopic (exact) mass is 401 g/mol.